The Bertz CT molecular complexity index is 2320. The van der Waals surface area contributed by atoms with E-state index in [-0.39, 0.29) is 35.3 Å². The summed E-state index contributed by atoms with van der Waals surface area (Å²) >= 11 is 0. The summed E-state index contributed by atoms with van der Waals surface area (Å²) in [4.78, 5) is 98.6. The van der Waals surface area contributed by atoms with E-state index in [1.807, 2.05) is 0 Å². The zero-order valence-corrected chi connectivity index (χ0v) is 37.8. The van der Waals surface area contributed by atoms with Crippen molar-refractivity contribution >= 4 is 41.9 Å². The Morgan fingerprint density at radius 3 is 2.05 bits per heavy atom. The SMILES string of the molecule is CC(=O)O[C@H]1C(=O)[C@@]2(C)[C@H]([C@H](OC(=O)c3ccccc3)[C@]34OC(=O)OC3[C@H](OC(=O)[C@](C)(O)[C@@H](NC(=O)OC(C)(C)C)c3ccccc3)C(C)=C1C4(C)C)[C@]1(OC(C)=O)CO[C@@H]1C[C@@H]2O. The third kappa shape index (κ3) is 7.52. The first-order chi connectivity index (χ1) is 30.2. The van der Waals surface area contributed by atoms with Crippen molar-refractivity contribution in [1.29, 1.82) is 0 Å². The number of hydrogen-bond acceptors (Lipinski definition) is 17. The van der Waals surface area contributed by atoms with Gasteiger partial charge in [0.15, 0.2) is 41.4 Å². The number of carbonyl (C=O) groups excluding carboxylic acids is 7. The molecule has 2 saturated carbocycles. The number of ether oxygens (including phenoxy) is 8. The molecule has 4 fully saturated rings. The van der Waals surface area contributed by atoms with E-state index in [1.165, 1.54) is 39.8 Å². The number of esters is 4. The van der Waals surface area contributed by atoms with Crippen molar-refractivity contribution in [2.24, 2.45) is 16.7 Å². The summed E-state index contributed by atoms with van der Waals surface area (Å²) in [5.41, 5.74) is -11.6. The van der Waals surface area contributed by atoms with Crippen molar-refractivity contribution in [2.45, 2.75) is 141 Å². The summed E-state index contributed by atoms with van der Waals surface area (Å²) < 4.78 is 48.5. The second-order valence-corrected chi connectivity index (χ2v) is 19.3. The molecule has 1 unspecified atom stereocenters. The van der Waals surface area contributed by atoms with Crippen molar-refractivity contribution in [3.63, 3.8) is 0 Å². The second kappa shape index (κ2) is 16.2. The normalized spacial score (nSPS) is 33.5. The Kier molecular flexibility index (Phi) is 11.8. The van der Waals surface area contributed by atoms with Gasteiger partial charge in [-0.05, 0) is 70.4 Å². The topological polar surface area (TPSA) is 246 Å². The van der Waals surface area contributed by atoms with Crippen molar-refractivity contribution in [2.75, 3.05) is 6.61 Å². The minimum atomic E-state index is -2.64. The molecule has 5 aliphatic rings. The molecule has 2 saturated heterocycles. The van der Waals surface area contributed by atoms with E-state index >= 15 is 4.79 Å². The first kappa shape index (κ1) is 47.1. The highest BCUT2D eigenvalue weighted by atomic mass is 16.8. The molecule has 18 nitrogen and oxygen atoms in total. The van der Waals surface area contributed by atoms with E-state index in [4.69, 9.17) is 37.9 Å². The summed E-state index contributed by atoms with van der Waals surface area (Å²) in [6.07, 6.45) is -12.8. The minimum Gasteiger partial charge on any atom is -0.454 e. The van der Waals surface area contributed by atoms with Crippen LogP contribution in [0.4, 0.5) is 9.59 Å². The highest BCUT2D eigenvalue weighted by molar-refractivity contribution is 5.96. The predicted octanol–water partition coefficient (Wildman–Crippen LogP) is 4.37. The second-order valence-electron chi connectivity index (χ2n) is 19.3. The average Bonchev–Trinajstić information content (AvgIpc) is 3.58. The number of hydrogen-bond donors (Lipinski definition) is 3. The molecule has 7 rings (SSSR count). The maximum absolute atomic E-state index is 15.7. The van der Waals surface area contributed by atoms with E-state index in [0.29, 0.717) is 0 Å². The number of Topliss-reactive ketones (excluding diaryl/α,β-unsaturated/α-hetero) is 1. The van der Waals surface area contributed by atoms with Gasteiger partial charge in [0.1, 0.15) is 11.7 Å². The minimum absolute atomic E-state index is 0.00840. The highest BCUT2D eigenvalue weighted by Gasteiger charge is 2.83. The quantitative estimate of drug-likeness (QED) is 0.180. The fourth-order valence-electron chi connectivity index (χ4n) is 10.7. The number of fused-ring (bicyclic) bond motifs is 4. The maximum atomic E-state index is 15.7. The van der Waals surface area contributed by atoms with Crippen molar-refractivity contribution in [3.8, 4) is 0 Å². The lowest BCUT2D eigenvalue weighted by Gasteiger charge is -2.67. The van der Waals surface area contributed by atoms with E-state index in [9.17, 15) is 39.0 Å². The predicted molar refractivity (Wildman–Crippen MR) is 222 cm³/mol. The lowest BCUT2D eigenvalue weighted by atomic mass is 9.44. The van der Waals surface area contributed by atoms with Crippen LogP contribution in [-0.2, 0) is 57.1 Å². The molecule has 18 heteroatoms. The molecule has 2 heterocycles. The summed E-state index contributed by atoms with van der Waals surface area (Å²) in [7, 11) is 0. The standard InChI is InChI=1S/C47H55NO17/c1-23-30-32(59-24(2)49)35(52)44(9)28(51)21-29-46(22-58-29,63-25(3)50)33(44)37(61-38(53)27-19-15-12-16-20-27)47(43(30,7)8)36(62-41(56)65-47)31(23)60-39(54)45(10,57)34(26-17-13-11-14-18-26)48-40(55)64-42(4,5)6/h11-20,28-29,31-34,36-37,51,57H,21-22H2,1-10H3,(H,48,55)/t28-,29+,31+,32+,33-,34-,36?,37-,44+,45+,46-,47+/m0/s1. The molecule has 65 heavy (non-hydrogen) atoms. The van der Waals surface area contributed by atoms with Crippen LogP contribution in [-0.4, -0.2) is 118 Å². The molecule has 2 aliphatic heterocycles. The van der Waals surface area contributed by atoms with Crippen LogP contribution in [0.1, 0.15) is 97.6 Å². The number of rotatable bonds is 9. The van der Waals surface area contributed by atoms with Gasteiger partial charge in [0.25, 0.3) is 0 Å². The van der Waals surface area contributed by atoms with Gasteiger partial charge >= 0.3 is 36.1 Å². The van der Waals surface area contributed by atoms with Gasteiger partial charge in [0.2, 0.25) is 5.60 Å². The molecule has 0 aromatic heterocycles. The van der Waals surface area contributed by atoms with E-state index in [0.717, 1.165) is 20.8 Å². The van der Waals surface area contributed by atoms with Gasteiger partial charge < -0.3 is 53.4 Å². The molecule has 3 aliphatic carbocycles. The van der Waals surface area contributed by atoms with E-state index in [1.54, 1.807) is 69.3 Å². The van der Waals surface area contributed by atoms with Gasteiger partial charge in [-0.3, -0.25) is 14.4 Å². The molecule has 2 aromatic carbocycles. The number of benzene rings is 2. The average molecular weight is 906 g/mol. The summed E-state index contributed by atoms with van der Waals surface area (Å²) in [6.45, 7) is 13.7. The van der Waals surface area contributed by atoms with Crippen molar-refractivity contribution in [3.05, 3.63) is 82.9 Å². The number of amides is 1. The monoisotopic (exact) mass is 905 g/mol. The van der Waals surface area contributed by atoms with Crippen LogP contribution in [0.5, 0.6) is 0 Å². The molecule has 2 bridgehead atoms. The highest BCUT2D eigenvalue weighted by Crippen LogP contribution is 2.67. The molecule has 3 N–H and O–H groups in total. The van der Waals surface area contributed by atoms with Gasteiger partial charge in [-0.15, -0.1) is 0 Å². The first-order valence-corrected chi connectivity index (χ1v) is 21.3. The Balaban J connectivity index is 1.48. The van der Waals surface area contributed by atoms with Crippen LogP contribution < -0.4 is 5.32 Å². The molecule has 0 radical (unpaired) electrons. The molecular weight excluding hydrogens is 851 g/mol. The summed E-state index contributed by atoms with van der Waals surface area (Å²) in [5.74, 6) is -6.71. The van der Waals surface area contributed by atoms with Crippen molar-refractivity contribution in [1.82, 2.24) is 5.32 Å². The van der Waals surface area contributed by atoms with Crippen LogP contribution in [0.15, 0.2) is 71.8 Å². The van der Waals surface area contributed by atoms with Crippen molar-refractivity contribution < 1.29 is 81.7 Å². The van der Waals surface area contributed by atoms with E-state index in [2.05, 4.69) is 5.32 Å². The van der Waals surface area contributed by atoms with Gasteiger partial charge in [-0.1, -0.05) is 62.4 Å². The molecule has 2 aromatic rings. The third-order valence-corrected chi connectivity index (χ3v) is 13.7. The fraction of sp³-hybridized carbons (Fsp3) is 0.553. The first-order valence-electron chi connectivity index (χ1n) is 21.3. The zero-order chi connectivity index (χ0) is 47.8. The number of ketones is 1. The molecule has 1 amide bonds. The lowest BCUT2D eigenvalue weighted by Crippen LogP contribution is -2.83. The molecule has 350 valence electrons. The largest absolute Gasteiger partial charge is 0.509 e. The number of aliphatic hydroxyl groups excluding tert-OH is 1. The molecule has 12 atom stereocenters. The van der Waals surface area contributed by atoms with Gasteiger partial charge in [0, 0.05) is 25.7 Å². The van der Waals surface area contributed by atoms with Crippen LogP contribution >= 0.6 is 0 Å². The smallest absolute Gasteiger partial charge is 0.454 e. The Labute approximate surface area is 375 Å². The summed E-state index contributed by atoms with van der Waals surface area (Å²) in [6, 6.07) is 14.2. The van der Waals surface area contributed by atoms with Crippen LogP contribution in [0.3, 0.4) is 0 Å². The van der Waals surface area contributed by atoms with Gasteiger partial charge in [-0.2, -0.15) is 0 Å². The van der Waals surface area contributed by atoms with Crippen LogP contribution in [0, 0.1) is 16.7 Å². The van der Waals surface area contributed by atoms with Crippen LogP contribution in [0.2, 0.25) is 0 Å². The van der Waals surface area contributed by atoms with Crippen LogP contribution in [0.25, 0.3) is 0 Å². The third-order valence-electron chi connectivity index (χ3n) is 13.7. The lowest BCUT2D eigenvalue weighted by molar-refractivity contribution is -0.345. The van der Waals surface area contributed by atoms with Gasteiger partial charge in [-0.25, -0.2) is 19.2 Å². The number of alkyl carbamates (subject to hydrolysis) is 1. The van der Waals surface area contributed by atoms with E-state index < -0.39 is 124 Å². The number of aliphatic hydroxyl groups is 2. The fourth-order valence-corrected chi connectivity index (χ4v) is 10.7. The maximum Gasteiger partial charge on any atom is 0.509 e. The Morgan fingerprint density at radius 1 is 0.877 bits per heavy atom. The molecular formula is C47H55NO17. The van der Waals surface area contributed by atoms with Gasteiger partial charge in [0.05, 0.1) is 35.6 Å². The molecule has 1 spiro atoms. The Hall–Kier alpha value is -5.85. The number of carbonyl (C=O) groups is 7. The summed E-state index contributed by atoms with van der Waals surface area (Å²) in [5, 5.41) is 27.1. The Morgan fingerprint density at radius 2 is 1.49 bits per heavy atom. The zero-order valence-electron chi connectivity index (χ0n) is 37.8. The number of nitrogens with one attached hydrogen (secondary N) is 1.